The summed E-state index contributed by atoms with van der Waals surface area (Å²) < 4.78 is 5.29. The molecule has 1 atom stereocenters. The molecule has 0 aromatic heterocycles. The van der Waals surface area contributed by atoms with E-state index in [9.17, 15) is 4.79 Å². The number of thioether (sulfide) groups is 1. The SMILES string of the molecule is COc1ccccc1[C@@H]1SCC=C1C=O. The van der Waals surface area contributed by atoms with E-state index in [0.29, 0.717) is 0 Å². The van der Waals surface area contributed by atoms with E-state index < -0.39 is 0 Å². The summed E-state index contributed by atoms with van der Waals surface area (Å²) in [4.78, 5) is 10.9. The molecule has 78 valence electrons. The van der Waals surface area contributed by atoms with Gasteiger partial charge in [0.25, 0.3) is 0 Å². The maximum atomic E-state index is 10.9. The second-order valence-corrected chi connectivity index (χ2v) is 4.42. The number of para-hydroxylation sites is 1. The van der Waals surface area contributed by atoms with Crippen molar-refractivity contribution in [2.45, 2.75) is 5.25 Å². The van der Waals surface area contributed by atoms with Crippen molar-refractivity contribution in [3.05, 3.63) is 41.5 Å². The van der Waals surface area contributed by atoms with Crippen molar-refractivity contribution in [2.75, 3.05) is 12.9 Å². The van der Waals surface area contributed by atoms with Gasteiger partial charge in [0.2, 0.25) is 0 Å². The number of aldehydes is 1. The Bertz CT molecular complexity index is 398. The molecule has 2 nitrogen and oxygen atoms in total. The van der Waals surface area contributed by atoms with Crippen LogP contribution in [0.15, 0.2) is 35.9 Å². The topological polar surface area (TPSA) is 26.3 Å². The van der Waals surface area contributed by atoms with E-state index in [2.05, 4.69) is 0 Å². The van der Waals surface area contributed by atoms with Crippen molar-refractivity contribution in [1.29, 1.82) is 0 Å². The van der Waals surface area contributed by atoms with Crippen LogP contribution in [0.4, 0.5) is 0 Å². The van der Waals surface area contributed by atoms with Crippen molar-refractivity contribution >= 4 is 18.0 Å². The van der Waals surface area contributed by atoms with Gasteiger partial charge < -0.3 is 4.74 Å². The van der Waals surface area contributed by atoms with Crippen molar-refractivity contribution in [1.82, 2.24) is 0 Å². The van der Waals surface area contributed by atoms with E-state index in [1.807, 2.05) is 30.3 Å². The summed E-state index contributed by atoms with van der Waals surface area (Å²) in [6.45, 7) is 0. The number of methoxy groups -OCH3 is 1. The van der Waals surface area contributed by atoms with E-state index in [-0.39, 0.29) is 5.25 Å². The highest BCUT2D eigenvalue weighted by Gasteiger charge is 2.23. The van der Waals surface area contributed by atoms with E-state index >= 15 is 0 Å². The molecule has 0 saturated carbocycles. The number of rotatable bonds is 3. The van der Waals surface area contributed by atoms with Gasteiger partial charge >= 0.3 is 0 Å². The highest BCUT2D eigenvalue weighted by molar-refractivity contribution is 8.00. The van der Waals surface area contributed by atoms with Crippen LogP contribution in [0.5, 0.6) is 5.75 Å². The monoisotopic (exact) mass is 220 g/mol. The predicted octanol–water partition coefficient (Wildman–Crippen LogP) is 2.61. The fourth-order valence-electron chi connectivity index (χ4n) is 1.71. The highest BCUT2D eigenvalue weighted by atomic mass is 32.2. The molecule has 0 fully saturated rings. The molecule has 1 aliphatic heterocycles. The summed E-state index contributed by atoms with van der Waals surface area (Å²) >= 11 is 1.75. The van der Waals surface area contributed by atoms with Gasteiger partial charge in [-0.2, -0.15) is 0 Å². The molecule has 2 rings (SSSR count). The third-order valence-corrected chi connectivity index (χ3v) is 3.66. The van der Waals surface area contributed by atoms with Crippen LogP contribution in [0.3, 0.4) is 0 Å². The number of ether oxygens (including phenoxy) is 1. The Morgan fingerprint density at radius 3 is 3.00 bits per heavy atom. The van der Waals surface area contributed by atoms with Crippen LogP contribution < -0.4 is 4.74 Å². The molecule has 1 aliphatic rings. The first-order valence-corrected chi connectivity index (χ1v) is 5.81. The van der Waals surface area contributed by atoms with Gasteiger partial charge in [0, 0.05) is 16.9 Å². The van der Waals surface area contributed by atoms with E-state index in [0.717, 1.165) is 28.9 Å². The molecule has 1 aromatic rings. The average Bonchev–Trinajstić information content (AvgIpc) is 2.76. The quantitative estimate of drug-likeness (QED) is 0.732. The Hall–Kier alpha value is -1.22. The third kappa shape index (κ3) is 1.92. The Kier molecular flexibility index (Phi) is 3.11. The Labute approximate surface area is 93.3 Å². The van der Waals surface area contributed by atoms with Crippen molar-refractivity contribution < 1.29 is 9.53 Å². The number of hydrogen-bond donors (Lipinski definition) is 0. The lowest BCUT2D eigenvalue weighted by atomic mass is 10.0. The summed E-state index contributed by atoms with van der Waals surface area (Å²) in [5.74, 6) is 1.75. The van der Waals surface area contributed by atoms with Crippen LogP contribution in [0.1, 0.15) is 10.8 Å². The standard InChI is InChI=1S/C12H12O2S/c1-14-11-5-3-2-4-10(11)12-9(8-13)6-7-15-12/h2-6,8,12H,7H2,1H3/t12-/m1/s1. The summed E-state index contributed by atoms with van der Waals surface area (Å²) in [6.07, 6.45) is 2.92. The molecular weight excluding hydrogens is 208 g/mol. The van der Waals surface area contributed by atoms with Gasteiger partial charge in [0.1, 0.15) is 12.0 Å². The second-order valence-electron chi connectivity index (χ2n) is 3.28. The zero-order valence-electron chi connectivity index (χ0n) is 8.47. The molecule has 1 aromatic carbocycles. The first-order valence-electron chi connectivity index (χ1n) is 4.76. The maximum Gasteiger partial charge on any atom is 0.147 e. The lowest BCUT2D eigenvalue weighted by molar-refractivity contribution is -0.105. The first kappa shape index (κ1) is 10.3. The number of carbonyl (C=O) groups excluding carboxylic acids is 1. The average molecular weight is 220 g/mol. The molecule has 0 aliphatic carbocycles. The summed E-state index contributed by atoms with van der Waals surface area (Å²) in [7, 11) is 1.66. The highest BCUT2D eigenvalue weighted by Crippen LogP contribution is 2.43. The van der Waals surface area contributed by atoms with E-state index in [4.69, 9.17) is 4.74 Å². The van der Waals surface area contributed by atoms with Crippen molar-refractivity contribution in [3.63, 3.8) is 0 Å². The van der Waals surface area contributed by atoms with Crippen molar-refractivity contribution in [2.24, 2.45) is 0 Å². The Morgan fingerprint density at radius 1 is 1.47 bits per heavy atom. The molecule has 0 unspecified atom stereocenters. The minimum atomic E-state index is 0.138. The van der Waals surface area contributed by atoms with Crippen LogP contribution >= 0.6 is 11.8 Å². The second kappa shape index (κ2) is 4.53. The molecule has 15 heavy (non-hydrogen) atoms. The maximum absolute atomic E-state index is 10.9. The van der Waals surface area contributed by atoms with Crippen LogP contribution in [0.25, 0.3) is 0 Å². The van der Waals surface area contributed by atoms with Gasteiger partial charge in [0.15, 0.2) is 0 Å². The molecule has 0 amide bonds. The predicted molar refractivity (Wildman–Crippen MR) is 62.3 cm³/mol. The molecule has 3 heteroatoms. The minimum Gasteiger partial charge on any atom is -0.496 e. The number of carbonyl (C=O) groups is 1. The van der Waals surface area contributed by atoms with Gasteiger partial charge in [-0.1, -0.05) is 24.3 Å². The first-order chi connectivity index (χ1) is 7.36. The summed E-state index contributed by atoms with van der Waals surface area (Å²) in [5.41, 5.74) is 1.94. The zero-order valence-corrected chi connectivity index (χ0v) is 9.29. The largest absolute Gasteiger partial charge is 0.496 e. The fourth-order valence-corrected chi connectivity index (χ4v) is 2.91. The number of hydrogen-bond acceptors (Lipinski definition) is 3. The van der Waals surface area contributed by atoms with Crippen LogP contribution in [0.2, 0.25) is 0 Å². The van der Waals surface area contributed by atoms with Crippen LogP contribution in [0, 0.1) is 0 Å². The minimum absolute atomic E-state index is 0.138. The molecule has 0 bridgehead atoms. The van der Waals surface area contributed by atoms with Gasteiger partial charge in [-0.25, -0.2) is 0 Å². The van der Waals surface area contributed by atoms with Crippen LogP contribution in [-0.2, 0) is 4.79 Å². The van der Waals surface area contributed by atoms with Gasteiger partial charge in [-0.15, -0.1) is 11.8 Å². The normalized spacial score (nSPS) is 19.8. The van der Waals surface area contributed by atoms with Gasteiger partial charge in [-0.05, 0) is 6.07 Å². The summed E-state index contributed by atoms with van der Waals surface area (Å²) in [6, 6.07) is 7.85. The lowest BCUT2D eigenvalue weighted by Gasteiger charge is -2.14. The molecule has 0 saturated heterocycles. The smallest absolute Gasteiger partial charge is 0.147 e. The molecule has 0 spiro atoms. The van der Waals surface area contributed by atoms with Gasteiger partial charge in [0.05, 0.1) is 12.4 Å². The molecular formula is C12H12O2S. The number of benzene rings is 1. The third-order valence-electron chi connectivity index (χ3n) is 2.44. The zero-order chi connectivity index (χ0) is 10.7. The van der Waals surface area contributed by atoms with Gasteiger partial charge in [-0.3, -0.25) is 4.79 Å². The van der Waals surface area contributed by atoms with E-state index in [1.165, 1.54) is 0 Å². The molecule has 1 heterocycles. The van der Waals surface area contributed by atoms with Crippen LogP contribution in [-0.4, -0.2) is 19.1 Å². The fraction of sp³-hybridized carbons (Fsp3) is 0.250. The summed E-state index contributed by atoms with van der Waals surface area (Å²) in [5, 5.41) is 0.138. The Morgan fingerprint density at radius 2 is 2.27 bits per heavy atom. The molecule has 0 N–H and O–H groups in total. The molecule has 0 radical (unpaired) electrons. The van der Waals surface area contributed by atoms with Crippen molar-refractivity contribution in [3.8, 4) is 5.75 Å². The Balaban J connectivity index is 2.37. The van der Waals surface area contributed by atoms with E-state index in [1.54, 1.807) is 18.9 Å². The lowest BCUT2D eigenvalue weighted by Crippen LogP contribution is -1.98.